The zero-order valence-corrected chi connectivity index (χ0v) is 10.1. The predicted octanol–water partition coefficient (Wildman–Crippen LogP) is 0.134. The average molecular weight is 213 g/mol. The van der Waals surface area contributed by atoms with Crippen LogP contribution in [0.1, 0.15) is 20.3 Å². The highest BCUT2D eigenvalue weighted by molar-refractivity contribution is 5.79. The highest BCUT2D eigenvalue weighted by Crippen LogP contribution is 2.16. The lowest BCUT2D eigenvalue weighted by Crippen LogP contribution is -2.55. The van der Waals surface area contributed by atoms with Gasteiger partial charge in [0.2, 0.25) is 5.91 Å². The van der Waals surface area contributed by atoms with Crippen LogP contribution < -0.4 is 5.73 Å². The standard InChI is InChI=1S/C11H23N3O/c1-9(2)6-10-7-14(5-4-12)8-11(15)13(10)3/h9-10H,4-8,12H2,1-3H3. The summed E-state index contributed by atoms with van der Waals surface area (Å²) in [5.41, 5.74) is 5.52. The molecule has 4 nitrogen and oxygen atoms in total. The first-order chi connectivity index (χ1) is 7.04. The van der Waals surface area contributed by atoms with Gasteiger partial charge in [0.1, 0.15) is 0 Å². The second-order valence-corrected chi connectivity index (χ2v) is 4.81. The SMILES string of the molecule is CC(C)CC1CN(CCN)CC(=O)N1C. The Hall–Kier alpha value is -0.610. The summed E-state index contributed by atoms with van der Waals surface area (Å²) in [6.45, 7) is 7.35. The minimum absolute atomic E-state index is 0.223. The van der Waals surface area contributed by atoms with E-state index in [-0.39, 0.29) is 5.91 Å². The van der Waals surface area contributed by atoms with Gasteiger partial charge >= 0.3 is 0 Å². The first kappa shape index (κ1) is 12.5. The Kier molecular flexibility index (Phi) is 4.54. The molecule has 1 rings (SSSR count). The molecule has 88 valence electrons. The number of carbonyl (C=O) groups excluding carboxylic acids is 1. The van der Waals surface area contributed by atoms with Gasteiger partial charge in [-0.3, -0.25) is 9.69 Å². The number of nitrogens with two attached hydrogens (primary N) is 1. The molecule has 1 atom stereocenters. The molecule has 1 aliphatic rings. The third-order valence-corrected chi connectivity index (χ3v) is 2.96. The molecule has 1 heterocycles. The van der Waals surface area contributed by atoms with Gasteiger partial charge in [-0.1, -0.05) is 13.8 Å². The Labute approximate surface area is 92.4 Å². The maximum absolute atomic E-state index is 11.7. The minimum atomic E-state index is 0.223. The largest absolute Gasteiger partial charge is 0.340 e. The molecule has 1 saturated heterocycles. The number of amides is 1. The van der Waals surface area contributed by atoms with Crippen molar-refractivity contribution in [2.24, 2.45) is 11.7 Å². The molecule has 0 spiro atoms. The van der Waals surface area contributed by atoms with Crippen molar-refractivity contribution in [3.8, 4) is 0 Å². The maximum atomic E-state index is 11.7. The summed E-state index contributed by atoms with van der Waals surface area (Å²) in [6.07, 6.45) is 1.07. The Bertz CT molecular complexity index is 218. The van der Waals surface area contributed by atoms with Crippen LogP contribution in [0.25, 0.3) is 0 Å². The molecule has 0 saturated carbocycles. The van der Waals surface area contributed by atoms with E-state index in [9.17, 15) is 4.79 Å². The Balaban J connectivity index is 2.56. The summed E-state index contributed by atoms with van der Waals surface area (Å²) >= 11 is 0. The van der Waals surface area contributed by atoms with Crippen molar-refractivity contribution in [1.82, 2.24) is 9.80 Å². The summed E-state index contributed by atoms with van der Waals surface area (Å²) in [7, 11) is 1.91. The van der Waals surface area contributed by atoms with Crippen molar-refractivity contribution in [1.29, 1.82) is 0 Å². The van der Waals surface area contributed by atoms with Crippen LogP contribution in [0.2, 0.25) is 0 Å². The number of hydrogen-bond acceptors (Lipinski definition) is 3. The maximum Gasteiger partial charge on any atom is 0.236 e. The molecule has 15 heavy (non-hydrogen) atoms. The normalized spacial score (nSPS) is 23.9. The van der Waals surface area contributed by atoms with E-state index in [2.05, 4.69) is 18.7 Å². The minimum Gasteiger partial charge on any atom is -0.340 e. The Morgan fingerprint density at radius 3 is 2.73 bits per heavy atom. The van der Waals surface area contributed by atoms with Crippen molar-refractivity contribution in [3.63, 3.8) is 0 Å². The number of carbonyl (C=O) groups is 1. The molecule has 1 fully saturated rings. The van der Waals surface area contributed by atoms with Gasteiger partial charge in [-0.05, 0) is 12.3 Å². The van der Waals surface area contributed by atoms with Gasteiger partial charge < -0.3 is 10.6 Å². The summed E-state index contributed by atoms with van der Waals surface area (Å²) in [4.78, 5) is 15.8. The number of piperazine rings is 1. The third kappa shape index (κ3) is 3.47. The molecule has 1 unspecified atom stereocenters. The lowest BCUT2D eigenvalue weighted by molar-refractivity contribution is -0.138. The smallest absolute Gasteiger partial charge is 0.236 e. The molecular formula is C11H23N3O. The van der Waals surface area contributed by atoms with Gasteiger partial charge in [-0.2, -0.15) is 0 Å². The van der Waals surface area contributed by atoms with Crippen LogP contribution in [-0.4, -0.2) is 55.0 Å². The lowest BCUT2D eigenvalue weighted by atomic mass is 10.0. The van der Waals surface area contributed by atoms with Gasteiger partial charge in [-0.25, -0.2) is 0 Å². The highest BCUT2D eigenvalue weighted by atomic mass is 16.2. The van der Waals surface area contributed by atoms with E-state index >= 15 is 0 Å². The third-order valence-electron chi connectivity index (χ3n) is 2.96. The van der Waals surface area contributed by atoms with Crippen molar-refractivity contribution in [2.45, 2.75) is 26.3 Å². The highest BCUT2D eigenvalue weighted by Gasteiger charge is 2.29. The second-order valence-electron chi connectivity index (χ2n) is 4.81. The number of likely N-dealkylation sites (N-methyl/N-ethyl adjacent to an activating group) is 1. The van der Waals surface area contributed by atoms with E-state index < -0.39 is 0 Å². The summed E-state index contributed by atoms with van der Waals surface area (Å²) in [6, 6.07) is 0.359. The van der Waals surface area contributed by atoms with E-state index in [0.717, 1.165) is 19.5 Å². The summed E-state index contributed by atoms with van der Waals surface area (Å²) in [5, 5.41) is 0. The fourth-order valence-corrected chi connectivity index (χ4v) is 2.12. The Morgan fingerprint density at radius 2 is 2.20 bits per heavy atom. The van der Waals surface area contributed by atoms with E-state index in [0.29, 0.717) is 25.0 Å². The van der Waals surface area contributed by atoms with Crippen LogP contribution in [0.15, 0.2) is 0 Å². The van der Waals surface area contributed by atoms with Crippen molar-refractivity contribution in [2.75, 3.05) is 33.2 Å². The van der Waals surface area contributed by atoms with Crippen LogP contribution in [0.4, 0.5) is 0 Å². The molecule has 2 N–H and O–H groups in total. The zero-order valence-electron chi connectivity index (χ0n) is 10.1. The quantitative estimate of drug-likeness (QED) is 0.722. The molecule has 0 aromatic rings. The molecule has 1 amide bonds. The topological polar surface area (TPSA) is 49.6 Å². The predicted molar refractivity (Wildman–Crippen MR) is 61.5 cm³/mol. The van der Waals surface area contributed by atoms with Gasteiger partial charge in [0.25, 0.3) is 0 Å². The number of rotatable bonds is 4. The number of nitrogens with zero attached hydrogens (tertiary/aromatic N) is 2. The monoisotopic (exact) mass is 213 g/mol. The van der Waals surface area contributed by atoms with Crippen LogP contribution in [0.3, 0.4) is 0 Å². The first-order valence-corrected chi connectivity index (χ1v) is 5.72. The molecule has 0 radical (unpaired) electrons. The lowest BCUT2D eigenvalue weighted by Gasteiger charge is -2.39. The number of hydrogen-bond donors (Lipinski definition) is 1. The molecule has 0 aliphatic carbocycles. The van der Waals surface area contributed by atoms with E-state index in [1.54, 1.807) is 0 Å². The molecular weight excluding hydrogens is 190 g/mol. The van der Waals surface area contributed by atoms with Crippen LogP contribution >= 0.6 is 0 Å². The van der Waals surface area contributed by atoms with Gasteiger partial charge in [-0.15, -0.1) is 0 Å². The van der Waals surface area contributed by atoms with Crippen molar-refractivity contribution < 1.29 is 4.79 Å². The van der Waals surface area contributed by atoms with Crippen LogP contribution in [0, 0.1) is 5.92 Å². The Morgan fingerprint density at radius 1 is 1.53 bits per heavy atom. The summed E-state index contributed by atoms with van der Waals surface area (Å²) < 4.78 is 0. The molecule has 4 heteroatoms. The van der Waals surface area contributed by atoms with Crippen molar-refractivity contribution >= 4 is 5.91 Å². The fraction of sp³-hybridized carbons (Fsp3) is 0.909. The van der Waals surface area contributed by atoms with Crippen LogP contribution in [-0.2, 0) is 4.79 Å². The molecule has 0 aromatic carbocycles. The molecule has 1 aliphatic heterocycles. The van der Waals surface area contributed by atoms with E-state index in [4.69, 9.17) is 5.73 Å². The van der Waals surface area contributed by atoms with E-state index in [1.165, 1.54) is 0 Å². The molecule has 0 bridgehead atoms. The first-order valence-electron chi connectivity index (χ1n) is 5.72. The molecule has 0 aromatic heterocycles. The van der Waals surface area contributed by atoms with Gasteiger partial charge in [0.15, 0.2) is 0 Å². The van der Waals surface area contributed by atoms with Gasteiger partial charge in [0, 0.05) is 32.7 Å². The van der Waals surface area contributed by atoms with Gasteiger partial charge in [0.05, 0.1) is 6.54 Å². The average Bonchev–Trinajstić information content (AvgIpc) is 2.13. The van der Waals surface area contributed by atoms with Crippen LogP contribution in [0.5, 0.6) is 0 Å². The van der Waals surface area contributed by atoms with E-state index in [1.807, 2.05) is 11.9 Å². The van der Waals surface area contributed by atoms with Crippen molar-refractivity contribution in [3.05, 3.63) is 0 Å². The fourth-order valence-electron chi connectivity index (χ4n) is 2.12. The zero-order chi connectivity index (χ0) is 11.4. The second kappa shape index (κ2) is 5.47. The summed E-state index contributed by atoms with van der Waals surface area (Å²) in [5.74, 6) is 0.850.